The predicted molar refractivity (Wildman–Crippen MR) is 92.6 cm³/mol. The fraction of sp³-hybridized carbons (Fsp3) is 0.684. The van der Waals surface area contributed by atoms with Gasteiger partial charge < -0.3 is 10.6 Å². The first-order valence-electron chi connectivity index (χ1n) is 9.47. The van der Waals surface area contributed by atoms with Gasteiger partial charge in [-0.15, -0.1) is 0 Å². The van der Waals surface area contributed by atoms with E-state index in [9.17, 15) is 9.59 Å². The topological polar surface area (TPSA) is 84.0 Å². The first-order valence-corrected chi connectivity index (χ1v) is 9.47. The SMILES string of the molecule is O=C(NCCCNC(=O)C12CC3CC(CC(C3)C1)C2)c1cnccn1. The molecule has 0 saturated heterocycles. The summed E-state index contributed by atoms with van der Waals surface area (Å²) in [7, 11) is 0. The van der Waals surface area contributed by atoms with Gasteiger partial charge in [-0.05, 0) is 62.7 Å². The number of aromatic nitrogens is 2. The molecule has 4 fully saturated rings. The maximum atomic E-state index is 12.8. The lowest BCUT2D eigenvalue weighted by Gasteiger charge is -2.55. The van der Waals surface area contributed by atoms with Crippen LogP contribution < -0.4 is 10.6 Å². The summed E-state index contributed by atoms with van der Waals surface area (Å²) in [5.41, 5.74) is 0.234. The summed E-state index contributed by atoms with van der Waals surface area (Å²) in [6.07, 6.45) is 12.5. The molecule has 134 valence electrons. The van der Waals surface area contributed by atoms with Crippen molar-refractivity contribution in [2.75, 3.05) is 13.1 Å². The highest BCUT2D eigenvalue weighted by Crippen LogP contribution is 2.60. The smallest absolute Gasteiger partial charge is 0.271 e. The molecule has 2 N–H and O–H groups in total. The van der Waals surface area contributed by atoms with E-state index in [1.54, 1.807) is 0 Å². The van der Waals surface area contributed by atoms with Crippen LogP contribution in [0.4, 0.5) is 0 Å². The van der Waals surface area contributed by atoms with E-state index >= 15 is 0 Å². The number of nitrogens with one attached hydrogen (secondary N) is 2. The van der Waals surface area contributed by atoms with Gasteiger partial charge in [0.25, 0.3) is 5.91 Å². The molecular formula is C19H26N4O2. The van der Waals surface area contributed by atoms with Gasteiger partial charge >= 0.3 is 0 Å². The van der Waals surface area contributed by atoms with Gasteiger partial charge in [-0.1, -0.05) is 0 Å². The van der Waals surface area contributed by atoms with Gasteiger partial charge in [-0.25, -0.2) is 4.98 Å². The molecule has 4 bridgehead atoms. The molecule has 1 heterocycles. The van der Waals surface area contributed by atoms with E-state index in [2.05, 4.69) is 20.6 Å². The zero-order valence-electron chi connectivity index (χ0n) is 14.5. The zero-order valence-corrected chi connectivity index (χ0v) is 14.5. The molecule has 1 aromatic heterocycles. The Balaban J connectivity index is 1.20. The number of carbonyl (C=O) groups excluding carboxylic acids is 2. The molecule has 0 atom stereocenters. The van der Waals surface area contributed by atoms with Crippen LogP contribution in [0.3, 0.4) is 0 Å². The molecule has 5 rings (SSSR count). The summed E-state index contributed by atoms with van der Waals surface area (Å²) < 4.78 is 0. The number of hydrogen-bond acceptors (Lipinski definition) is 4. The molecule has 4 saturated carbocycles. The average molecular weight is 342 g/mol. The van der Waals surface area contributed by atoms with Crippen LogP contribution in [0.5, 0.6) is 0 Å². The quantitative estimate of drug-likeness (QED) is 0.774. The molecule has 4 aliphatic rings. The monoisotopic (exact) mass is 342 g/mol. The summed E-state index contributed by atoms with van der Waals surface area (Å²) in [6, 6.07) is 0. The van der Waals surface area contributed by atoms with Crippen LogP contribution in [0.2, 0.25) is 0 Å². The highest BCUT2D eigenvalue weighted by atomic mass is 16.2. The zero-order chi connectivity index (χ0) is 17.3. The molecule has 0 spiro atoms. The summed E-state index contributed by atoms with van der Waals surface area (Å²) in [6.45, 7) is 1.14. The Morgan fingerprint density at radius 3 is 2.24 bits per heavy atom. The van der Waals surface area contributed by atoms with Gasteiger partial charge in [0.2, 0.25) is 5.91 Å². The van der Waals surface area contributed by atoms with Gasteiger partial charge in [0.05, 0.1) is 6.20 Å². The maximum Gasteiger partial charge on any atom is 0.271 e. The Morgan fingerprint density at radius 1 is 1.00 bits per heavy atom. The van der Waals surface area contributed by atoms with Crippen molar-refractivity contribution in [2.24, 2.45) is 23.2 Å². The lowest BCUT2D eigenvalue weighted by atomic mass is 9.49. The molecule has 2 amide bonds. The van der Waals surface area contributed by atoms with Crippen LogP contribution >= 0.6 is 0 Å². The Hall–Kier alpha value is -1.98. The molecule has 25 heavy (non-hydrogen) atoms. The van der Waals surface area contributed by atoms with Crippen LogP contribution in [0.25, 0.3) is 0 Å². The third-order valence-corrected chi connectivity index (χ3v) is 6.24. The second kappa shape index (κ2) is 6.73. The molecule has 0 aliphatic heterocycles. The molecule has 1 aromatic rings. The largest absolute Gasteiger partial charge is 0.356 e. The van der Waals surface area contributed by atoms with Gasteiger partial charge in [0.1, 0.15) is 5.69 Å². The third kappa shape index (κ3) is 3.39. The Morgan fingerprint density at radius 2 is 1.64 bits per heavy atom. The molecule has 0 unspecified atom stereocenters. The second-order valence-corrected chi connectivity index (χ2v) is 8.15. The minimum atomic E-state index is -0.222. The van der Waals surface area contributed by atoms with E-state index < -0.39 is 0 Å². The van der Waals surface area contributed by atoms with E-state index in [-0.39, 0.29) is 17.2 Å². The third-order valence-electron chi connectivity index (χ3n) is 6.24. The van der Waals surface area contributed by atoms with Crippen LogP contribution in [0.15, 0.2) is 18.6 Å². The van der Waals surface area contributed by atoms with Crippen molar-refractivity contribution in [3.05, 3.63) is 24.3 Å². The first kappa shape index (κ1) is 16.5. The molecule has 0 radical (unpaired) electrons. The fourth-order valence-electron chi connectivity index (χ4n) is 5.58. The summed E-state index contributed by atoms with van der Waals surface area (Å²) in [5.74, 6) is 2.38. The number of carbonyl (C=O) groups is 2. The van der Waals surface area contributed by atoms with Crippen molar-refractivity contribution in [2.45, 2.75) is 44.9 Å². The second-order valence-electron chi connectivity index (χ2n) is 8.15. The lowest BCUT2D eigenvalue weighted by molar-refractivity contribution is -0.146. The summed E-state index contributed by atoms with van der Waals surface area (Å²) >= 11 is 0. The van der Waals surface area contributed by atoms with Crippen molar-refractivity contribution in [3.8, 4) is 0 Å². The summed E-state index contributed by atoms with van der Waals surface area (Å²) in [4.78, 5) is 32.5. The Bertz CT molecular complexity index is 611. The van der Waals surface area contributed by atoms with Crippen molar-refractivity contribution in [1.82, 2.24) is 20.6 Å². The molecule has 4 aliphatic carbocycles. The van der Waals surface area contributed by atoms with Crippen molar-refractivity contribution >= 4 is 11.8 Å². The molecular weight excluding hydrogens is 316 g/mol. The van der Waals surface area contributed by atoms with E-state index in [0.717, 1.165) is 43.4 Å². The van der Waals surface area contributed by atoms with Crippen molar-refractivity contribution in [1.29, 1.82) is 0 Å². The standard InChI is InChI=1S/C19H26N4O2/c24-17(16-12-20-4-5-21-16)22-2-1-3-23-18(25)19-9-13-6-14(10-19)8-15(7-13)11-19/h4-5,12-15H,1-3,6-11H2,(H,22,24)(H,23,25). The molecule has 6 nitrogen and oxygen atoms in total. The Kier molecular flexibility index (Phi) is 4.44. The molecule has 6 heteroatoms. The highest BCUT2D eigenvalue weighted by Gasteiger charge is 2.54. The number of nitrogens with zero attached hydrogens (tertiary/aromatic N) is 2. The first-order chi connectivity index (χ1) is 12.1. The fourth-order valence-corrected chi connectivity index (χ4v) is 5.58. The van der Waals surface area contributed by atoms with Gasteiger partial charge in [0.15, 0.2) is 0 Å². The number of rotatable bonds is 6. The van der Waals surface area contributed by atoms with Crippen LogP contribution in [-0.4, -0.2) is 34.9 Å². The van der Waals surface area contributed by atoms with Crippen molar-refractivity contribution in [3.63, 3.8) is 0 Å². The van der Waals surface area contributed by atoms with Crippen LogP contribution in [0, 0.1) is 23.2 Å². The average Bonchev–Trinajstić information content (AvgIpc) is 2.60. The minimum absolute atomic E-state index is 0.0857. The summed E-state index contributed by atoms with van der Waals surface area (Å²) in [5, 5.41) is 5.95. The van der Waals surface area contributed by atoms with Crippen molar-refractivity contribution < 1.29 is 9.59 Å². The van der Waals surface area contributed by atoms with E-state index in [4.69, 9.17) is 0 Å². The predicted octanol–water partition coefficient (Wildman–Crippen LogP) is 1.93. The normalized spacial score (nSPS) is 32.4. The highest BCUT2D eigenvalue weighted by molar-refractivity contribution is 5.91. The van der Waals surface area contributed by atoms with Gasteiger partial charge in [0, 0.05) is 30.9 Å². The van der Waals surface area contributed by atoms with E-state index in [1.165, 1.54) is 37.9 Å². The maximum absolute atomic E-state index is 12.8. The minimum Gasteiger partial charge on any atom is -0.356 e. The van der Waals surface area contributed by atoms with Gasteiger partial charge in [-0.2, -0.15) is 0 Å². The lowest BCUT2D eigenvalue weighted by Crippen LogP contribution is -2.53. The van der Waals surface area contributed by atoms with Crippen LogP contribution in [-0.2, 0) is 4.79 Å². The van der Waals surface area contributed by atoms with Gasteiger partial charge in [-0.3, -0.25) is 14.6 Å². The Labute approximate surface area is 148 Å². The van der Waals surface area contributed by atoms with E-state index in [1.807, 2.05) is 0 Å². The molecule has 0 aromatic carbocycles. The number of amides is 2. The van der Waals surface area contributed by atoms with Crippen LogP contribution in [0.1, 0.15) is 55.4 Å². The number of hydrogen-bond donors (Lipinski definition) is 2. The van der Waals surface area contributed by atoms with E-state index in [0.29, 0.717) is 18.8 Å².